The van der Waals surface area contributed by atoms with Gasteiger partial charge in [0.25, 0.3) is 5.91 Å². The van der Waals surface area contributed by atoms with E-state index in [-0.39, 0.29) is 11.7 Å². The Balaban J connectivity index is 1.81. The van der Waals surface area contributed by atoms with Crippen molar-refractivity contribution in [1.29, 1.82) is 0 Å². The predicted molar refractivity (Wildman–Crippen MR) is 108 cm³/mol. The molecule has 1 N–H and O–H groups in total. The zero-order valence-corrected chi connectivity index (χ0v) is 16.2. The van der Waals surface area contributed by atoms with E-state index in [2.05, 4.69) is 21.4 Å². The summed E-state index contributed by atoms with van der Waals surface area (Å²) in [5.74, 6) is 0.599. The van der Waals surface area contributed by atoms with Crippen LogP contribution in [0.5, 0.6) is 0 Å². The smallest absolute Gasteiger partial charge is 0.270 e. The van der Waals surface area contributed by atoms with E-state index >= 15 is 0 Å². The number of anilines is 2. The zero-order chi connectivity index (χ0) is 20.1. The number of aromatic nitrogens is 2. The lowest BCUT2D eigenvalue weighted by Crippen LogP contribution is -2.25. The minimum Gasteiger partial charge on any atom is -0.347 e. The normalized spacial score (nSPS) is 10.6. The Bertz CT molecular complexity index is 973. The summed E-state index contributed by atoms with van der Waals surface area (Å²) >= 11 is 0. The van der Waals surface area contributed by atoms with E-state index < -0.39 is 0 Å². The molecule has 0 aliphatic rings. The molecule has 3 rings (SSSR count). The van der Waals surface area contributed by atoms with Crippen LogP contribution >= 0.6 is 0 Å². The Morgan fingerprint density at radius 1 is 1.07 bits per heavy atom. The minimum absolute atomic E-state index is 0.295. The summed E-state index contributed by atoms with van der Waals surface area (Å²) in [6, 6.07) is 15.8. The first kappa shape index (κ1) is 19.5. The van der Waals surface area contributed by atoms with Gasteiger partial charge in [-0.1, -0.05) is 24.3 Å². The van der Waals surface area contributed by atoms with Gasteiger partial charge in [0.15, 0.2) is 0 Å². The molecule has 0 saturated heterocycles. The number of halogens is 1. The van der Waals surface area contributed by atoms with E-state index in [0.29, 0.717) is 30.4 Å². The largest absolute Gasteiger partial charge is 0.347 e. The molecule has 3 aromatic rings. The molecule has 1 heterocycles. The number of nitrogens with one attached hydrogen (secondary N) is 1. The third kappa shape index (κ3) is 4.71. The summed E-state index contributed by atoms with van der Waals surface area (Å²) in [6.07, 6.45) is 0. The van der Waals surface area contributed by atoms with Crippen LogP contribution in [0.4, 0.5) is 15.9 Å². The van der Waals surface area contributed by atoms with Crippen LogP contribution < -0.4 is 10.2 Å². The van der Waals surface area contributed by atoms with E-state index in [1.165, 1.54) is 12.1 Å². The van der Waals surface area contributed by atoms with Crippen LogP contribution in [-0.4, -0.2) is 22.4 Å². The fraction of sp³-hybridized carbons (Fsp3) is 0.227. The van der Waals surface area contributed by atoms with Crippen LogP contribution in [0.1, 0.15) is 34.4 Å². The van der Waals surface area contributed by atoms with Gasteiger partial charge in [-0.2, -0.15) is 0 Å². The standard InChI is InChI=1S/C22H23FN4O/c1-4-27(19-7-5-6-15(2)12-19)21-13-20(25-16(3)26-21)22(28)24-14-17-8-10-18(23)11-9-17/h5-13H,4,14H2,1-3H3,(H,24,28). The number of nitrogens with zero attached hydrogens (tertiary/aromatic N) is 3. The fourth-order valence-electron chi connectivity index (χ4n) is 2.95. The maximum absolute atomic E-state index is 13.0. The van der Waals surface area contributed by atoms with Gasteiger partial charge < -0.3 is 10.2 Å². The second-order valence-corrected chi connectivity index (χ2v) is 6.55. The maximum atomic E-state index is 13.0. The number of rotatable bonds is 6. The summed E-state index contributed by atoms with van der Waals surface area (Å²) in [6.45, 7) is 6.85. The van der Waals surface area contributed by atoms with E-state index in [9.17, 15) is 9.18 Å². The summed E-state index contributed by atoms with van der Waals surface area (Å²) in [5, 5.41) is 2.82. The monoisotopic (exact) mass is 378 g/mol. The highest BCUT2D eigenvalue weighted by molar-refractivity contribution is 5.93. The number of hydrogen-bond donors (Lipinski definition) is 1. The number of hydrogen-bond acceptors (Lipinski definition) is 4. The van der Waals surface area contributed by atoms with Crippen molar-refractivity contribution in [2.45, 2.75) is 27.3 Å². The molecule has 0 fully saturated rings. The van der Waals surface area contributed by atoms with Crippen molar-refractivity contribution >= 4 is 17.4 Å². The molecule has 6 heteroatoms. The van der Waals surface area contributed by atoms with Crippen molar-refractivity contribution in [1.82, 2.24) is 15.3 Å². The molecule has 2 aromatic carbocycles. The van der Waals surface area contributed by atoms with Gasteiger partial charge in [-0.25, -0.2) is 14.4 Å². The van der Waals surface area contributed by atoms with Crippen LogP contribution in [0.15, 0.2) is 54.6 Å². The molecule has 0 spiro atoms. The highest BCUT2D eigenvalue weighted by Gasteiger charge is 2.15. The highest BCUT2D eigenvalue weighted by atomic mass is 19.1. The molecule has 144 valence electrons. The van der Waals surface area contributed by atoms with E-state index in [4.69, 9.17) is 0 Å². The molecule has 1 amide bonds. The summed E-state index contributed by atoms with van der Waals surface area (Å²) in [5.41, 5.74) is 3.28. The third-order valence-corrected chi connectivity index (χ3v) is 4.33. The van der Waals surface area contributed by atoms with Crippen LogP contribution in [0.25, 0.3) is 0 Å². The number of carbonyl (C=O) groups is 1. The van der Waals surface area contributed by atoms with Gasteiger partial charge in [0.1, 0.15) is 23.2 Å². The maximum Gasteiger partial charge on any atom is 0.270 e. The van der Waals surface area contributed by atoms with Crippen LogP contribution in [0.2, 0.25) is 0 Å². The van der Waals surface area contributed by atoms with Crippen LogP contribution in [0.3, 0.4) is 0 Å². The lowest BCUT2D eigenvalue weighted by Gasteiger charge is -2.23. The first-order valence-electron chi connectivity index (χ1n) is 9.19. The molecule has 0 saturated carbocycles. The predicted octanol–water partition coefficient (Wildman–Crippen LogP) is 4.32. The average Bonchev–Trinajstić information content (AvgIpc) is 2.67. The molecule has 28 heavy (non-hydrogen) atoms. The Morgan fingerprint density at radius 2 is 1.82 bits per heavy atom. The highest BCUT2D eigenvalue weighted by Crippen LogP contribution is 2.24. The number of aryl methyl sites for hydroxylation is 2. The Hall–Kier alpha value is -3.28. The second kappa shape index (κ2) is 8.61. The Morgan fingerprint density at radius 3 is 2.50 bits per heavy atom. The van der Waals surface area contributed by atoms with Gasteiger partial charge >= 0.3 is 0 Å². The van der Waals surface area contributed by atoms with Gasteiger partial charge in [-0.15, -0.1) is 0 Å². The molecule has 0 aliphatic carbocycles. The molecule has 0 atom stereocenters. The third-order valence-electron chi connectivity index (χ3n) is 4.33. The molecule has 0 aliphatic heterocycles. The Labute approximate surface area is 164 Å². The van der Waals surface area contributed by atoms with E-state index in [0.717, 1.165) is 16.8 Å². The summed E-state index contributed by atoms with van der Waals surface area (Å²) < 4.78 is 13.0. The lowest BCUT2D eigenvalue weighted by atomic mass is 10.2. The number of carbonyl (C=O) groups excluding carboxylic acids is 1. The lowest BCUT2D eigenvalue weighted by molar-refractivity contribution is 0.0945. The van der Waals surface area contributed by atoms with E-state index in [1.807, 2.05) is 36.9 Å². The molecular formula is C22H23FN4O. The van der Waals surface area contributed by atoms with Crippen LogP contribution in [-0.2, 0) is 6.54 Å². The summed E-state index contributed by atoms with van der Waals surface area (Å²) in [4.78, 5) is 23.4. The topological polar surface area (TPSA) is 58.1 Å². The van der Waals surface area contributed by atoms with Gasteiger partial charge in [-0.3, -0.25) is 4.79 Å². The minimum atomic E-state index is -0.304. The van der Waals surface area contributed by atoms with Crippen molar-refractivity contribution in [3.8, 4) is 0 Å². The molecule has 0 radical (unpaired) electrons. The second-order valence-electron chi connectivity index (χ2n) is 6.55. The molecule has 0 bridgehead atoms. The van der Waals surface area contributed by atoms with Crippen LogP contribution in [0, 0.1) is 19.7 Å². The van der Waals surface area contributed by atoms with Crippen molar-refractivity contribution < 1.29 is 9.18 Å². The first-order chi connectivity index (χ1) is 13.5. The zero-order valence-electron chi connectivity index (χ0n) is 16.2. The van der Waals surface area contributed by atoms with Crippen molar-refractivity contribution in [2.24, 2.45) is 0 Å². The summed E-state index contributed by atoms with van der Waals surface area (Å²) in [7, 11) is 0. The molecule has 0 unspecified atom stereocenters. The fourth-order valence-corrected chi connectivity index (χ4v) is 2.95. The number of benzene rings is 2. The van der Waals surface area contributed by atoms with Gasteiger partial charge in [0.2, 0.25) is 0 Å². The Kier molecular flexibility index (Phi) is 5.99. The quantitative estimate of drug-likeness (QED) is 0.694. The van der Waals surface area contributed by atoms with Crippen molar-refractivity contribution in [2.75, 3.05) is 11.4 Å². The van der Waals surface area contributed by atoms with Gasteiger partial charge in [-0.05, 0) is 56.2 Å². The average molecular weight is 378 g/mol. The molecular weight excluding hydrogens is 355 g/mol. The van der Waals surface area contributed by atoms with Crippen molar-refractivity contribution in [3.63, 3.8) is 0 Å². The SMILES string of the molecule is CCN(c1cccc(C)c1)c1cc(C(=O)NCc2ccc(F)cc2)nc(C)n1. The number of amides is 1. The molecule has 5 nitrogen and oxygen atoms in total. The van der Waals surface area contributed by atoms with Gasteiger partial charge in [0, 0.05) is 24.8 Å². The van der Waals surface area contributed by atoms with Gasteiger partial charge in [0.05, 0.1) is 0 Å². The molecule has 1 aromatic heterocycles. The van der Waals surface area contributed by atoms with Crippen molar-refractivity contribution in [3.05, 3.63) is 83.1 Å². The van der Waals surface area contributed by atoms with E-state index in [1.54, 1.807) is 25.1 Å². The first-order valence-corrected chi connectivity index (χ1v) is 9.19.